The maximum absolute atomic E-state index is 12.4. The van der Waals surface area contributed by atoms with Crippen LogP contribution < -0.4 is 5.32 Å². The molecule has 0 atom stereocenters. The second kappa shape index (κ2) is 8.82. The molecule has 2 amide bonds. The molecular formula is C19H27ClN4O2. The van der Waals surface area contributed by atoms with Gasteiger partial charge in [0.15, 0.2) is 0 Å². The van der Waals surface area contributed by atoms with Gasteiger partial charge in [0, 0.05) is 25.2 Å². The number of likely N-dealkylation sites (tertiary alicyclic amines) is 2. The Morgan fingerprint density at radius 3 is 2.46 bits per heavy atom. The first-order valence-electron chi connectivity index (χ1n) is 9.44. The van der Waals surface area contributed by atoms with Crippen LogP contribution in [0.5, 0.6) is 0 Å². The van der Waals surface area contributed by atoms with Gasteiger partial charge in [0.25, 0.3) is 0 Å². The van der Waals surface area contributed by atoms with E-state index in [0.29, 0.717) is 17.4 Å². The van der Waals surface area contributed by atoms with Crippen LogP contribution in [-0.2, 0) is 9.59 Å². The second-order valence-corrected chi connectivity index (χ2v) is 7.90. The van der Waals surface area contributed by atoms with Crippen LogP contribution in [0.25, 0.3) is 0 Å². The zero-order chi connectivity index (χ0) is 18.5. The van der Waals surface area contributed by atoms with Crippen LogP contribution in [0.15, 0.2) is 18.3 Å². The zero-order valence-corrected chi connectivity index (χ0v) is 16.0. The number of amides is 2. The molecule has 6 nitrogen and oxygen atoms in total. The summed E-state index contributed by atoms with van der Waals surface area (Å²) in [6, 6.07) is 3.41. The SMILES string of the molecule is CC1CCN(C(=O)CN2CCC(C(=O)Nc3ccc(Cl)cn3)CC2)CC1. The van der Waals surface area contributed by atoms with E-state index in [2.05, 4.69) is 22.1 Å². The molecule has 7 heteroatoms. The number of aromatic nitrogens is 1. The first-order chi connectivity index (χ1) is 12.5. The summed E-state index contributed by atoms with van der Waals surface area (Å²) in [4.78, 5) is 33.1. The van der Waals surface area contributed by atoms with E-state index in [1.807, 2.05) is 4.90 Å². The minimum Gasteiger partial charge on any atom is -0.342 e. The summed E-state index contributed by atoms with van der Waals surface area (Å²) >= 11 is 5.81. The number of hydrogen-bond acceptors (Lipinski definition) is 4. The predicted molar refractivity (Wildman–Crippen MR) is 102 cm³/mol. The van der Waals surface area contributed by atoms with Gasteiger partial charge in [0.2, 0.25) is 11.8 Å². The summed E-state index contributed by atoms with van der Waals surface area (Å²) in [5, 5.41) is 3.39. The van der Waals surface area contributed by atoms with Crippen molar-refractivity contribution < 1.29 is 9.59 Å². The van der Waals surface area contributed by atoms with Gasteiger partial charge < -0.3 is 10.2 Å². The van der Waals surface area contributed by atoms with Crippen LogP contribution in [0, 0.1) is 11.8 Å². The molecule has 3 heterocycles. The number of piperidine rings is 2. The Morgan fingerprint density at radius 2 is 1.85 bits per heavy atom. The van der Waals surface area contributed by atoms with Crippen LogP contribution in [0.4, 0.5) is 5.82 Å². The zero-order valence-electron chi connectivity index (χ0n) is 15.3. The van der Waals surface area contributed by atoms with Crippen molar-refractivity contribution in [3.8, 4) is 0 Å². The molecule has 0 unspecified atom stereocenters. The number of anilines is 1. The van der Waals surface area contributed by atoms with Gasteiger partial charge >= 0.3 is 0 Å². The lowest BCUT2D eigenvalue weighted by atomic mass is 9.95. The highest BCUT2D eigenvalue weighted by atomic mass is 35.5. The summed E-state index contributed by atoms with van der Waals surface area (Å²) in [6.45, 7) is 6.04. The van der Waals surface area contributed by atoms with Gasteiger partial charge in [-0.05, 0) is 56.8 Å². The Hall–Kier alpha value is -1.66. The summed E-state index contributed by atoms with van der Waals surface area (Å²) < 4.78 is 0. The summed E-state index contributed by atoms with van der Waals surface area (Å²) in [5.74, 6) is 1.44. The van der Waals surface area contributed by atoms with Gasteiger partial charge in [-0.3, -0.25) is 14.5 Å². The van der Waals surface area contributed by atoms with Crippen molar-refractivity contribution in [2.45, 2.75) is 32.6 Å². The molecule has 0 aliphatic carbocycles. The highest BCUT2D eigenvalue weighted by molar-refractivity contribution is 6.30. The normalized spacial score (nSPS) is 20.2. The van der Waals surface area contributed by atoms with E-state index in [0.717, 1.165) is 57.8 Å². The highest BCUT2D eigenvalue weighted by Crippen LogP contribution is 2.21. The predicted octanol–water partition coefficient (Wildman–Crippen LogP) is 2.64. The van der Waals surface area contributed by atoms with Crippen molar-refractivity contribution in [3.63, 3.8) is 0 Å². The minimum absolute atomic E-state index is 0.00387. The van der Waals surface area contributed by atoms with Crippen LogP contribution in [-0.4, -0.2) is 59.3 Å². The molecule has 2 aliphatic heterocycles. The van der Waals surface area contributed by atoms with Gasteiger partial charge in [-0.15, -0.1) is 0 Å². The van der Waals surface area contributed by atoms with Crippen molar-refractivity contribution in [2.24, 2.45) is 11.8 Å². The monoisotopic (exact) mass is 378 g/mol. The van der Waals surface area contributed by atoms with Crippen molar-refractivity contribution in [1.82, 2.24) is 14.8 Å². The number of carbonyl (C=O) groups excluding carboxylic acids is 2. The molecule has 142 valence electrons. The Morgan fingerprint density at radius 1 is 1.15 bits per heavy atom. The van der Waals surface area contributed by atoms with Crippen LogP contribution in [0.3, 0.4) is 0 Å². The molecule has 2 aliphatic rings. The first-order valence-corrected chi connectivity index (χ1v) is 9.81. The van der Waals surface area contributed by atoms with E-state index in [4.69, 9.17) is 11.6 Å². The molecule has 3 rings (SSSR count). The number of carbonyl (C=O) groups is 2. The van der Waals surface area contributed by atoms with Crippen molar-refractivity contribution in [3.05, 3.63) is 23.4 Å². The Labute approximate surface area is 159 Å². The molecule has 0 aromatic carbocycles. The van der Waals surface area contributed by atoms with Crippen molar-refractivity contribution in [2.75, 3.05) is 38.0 Å². The topological polar surface area (TPSA) is 65.5 Å². The molecule has 0 spiro atoms. The number of nitrogens with one attached hydrogen (secondary N) is 1. The van der Waals surface area contributed by atoms with E-state index >= 15 is 0 Å². The standard InChI is InChI=1S/C19H27ClN4O2/c1-14-4-10-24(11-5-14)18(25)13-23-8-6-15(7-9-23)19(26)22-17-3-2-16(20)12-21-17/h2-3,12,14-15H,4-11,13H2,1H3,(H,21,22,26). The molecule has 0 bridgehead atoms. The average molecular weight is 379 g/mol. The van der Waals surface area contributed by atoms with Gasteiger partial charge in [-0.1, -0.05) is 18.5 Å². The molecule has 1 aromatic rings. The van der Waals surface area contributed by atoms with Crippen LogP contribution in [0.1, 0.15) is 32.6 Å². The largest absolute Gasteiger partial charge is 0.342 e. The highest BCUT2D eigenvalue weighted by Gasteiger charge is 2.28. The molecule has 2 saturated heterocycles. The van der Waals surface area contributed by atoms with Crippen molar-refractivity contribution in [1.29, 1.82) is 0 Å². The fourth-order valence-corrected chi connectivity index (χ4v) is 3.69. The lowest BCUT2D eigenvalue weighted by Gasteiger charge is -2.34. The number of rotatable bonds is 4. The van der Waals surface area contributed by atoms with E-state index in [1.165, 1.54) is 6.20 Å². The Balaban J connectivity index is 1.41. The second-order valence-electron chi connectivity index (χ2n) is 7.46. The molecule has 1 aromatic heterocycles. The molecule has 2 fully saturated rings. The third kappa shape index (κ3) is 5.17. The maximum atomic E-state index is 12.4. The molecule has 1 N–H and O–H groups in total. The average Bonchev–Trinajstić information content (AvgIpc) is 2.64. The van der Waals surface area contributed by atoms with Crippen LogP contribution in [0.2, 0.25) is 5.02 Å². The Kier molecular flexibility index (Phi) is 6.48. The third-order valence-corrected chi connectivity index (χ3v) is 5.66. The van der Waals surface area contributed by atoms with Gasteiger partial charge in [-0.2, -0.15) is 0 Å². The summed E-state index contributed by atoms with van der Waals surface area (Å²) in [7, 11) is 0. The fourth-order valence-electron chi connectivity index (χ4n) is 3.58. The first kappa shape index (κ1) is 19.1. The number of halogens is 1. The van der Waals surface area contributed by atoms with Crippen LogP contribution >= 0.6 is 11.6 Å². The quantitative estimate of drug-likeness (QED) is 0.874. The van der Waals surface area contributed by atoms with Gasteiger partial charge in [-0.25, -0.2) is 4.98 Å². The number of nitrogens with zero attached hydrogens (tertiary/aromatic N) is 3. The van der Waals surface area contributed by atoms with E-state index in [1.54, 1.807) is 12.1 Å². The fraction of sp³-hybridized carbons (Fsp3) is 0.632. The van der Waals surface area contributed by atoms with Gasteiger partial charge in [0.05, 0.1) is 11.6 Å². The third-order valence-electron chi connectivity index (χ3n) is 5.43. The molecule has 0 saturated carbocycles. The van der Waals surface area contributed by atoms with E-state index in [-0.39, 0.29) is 17.7 Å². The Bertz CT molecular complexity index is 621. The number of hydrogen-bond donors (Lipinski definition) is 1. The summed E-state index contributed by atoms with van der Waals surface area (Å²) in [5.41, 5.74) is 0. The smallest absolute Gasteiger partial charge is 0.236 e. The molecular weight excluding hydrogens is 352 g/mol. The summed E-state index contributed by atoms with van der Waals surface area (Å²) in [6.07, 6.45) is 5.26. The van der Waals surface area contributed by atoms with E-state index in [9.17, 15) is 9.59 Å². The van der Waals surface area contributed by atoms with Crippen molar-refractivity contribution >= 4 is 29.2 Å². The molecule has 26 heavy (non-hydrogen) atoms. The lowest BCUT2D eigenvalue weighted by molar-refractivity contribution is -0.134. The molecule has 0 radical (unpaired) electrons. The maximum Gasteiger partial charge on any atom is 0.236 e. The number of pyridine rings is 1. The minimum atomic E-state index is -0.0327. The lowest BCUT2D eigenvalue weighted by Crippen LogP contribution is -2.46. The van der Waals surface area contributed by atoms with Gasteiger partial charge in [0.1, 0.15) is 5.82 Å². The van der Waals surface area contributed by atoms with E-state index < -0.39 is 0 Å².